The van der Waals surface area contributed by atoms with E-state index in [0.29, 0.717) is 24.2 Å². The molecule has 0 aliphatic rings. The number of aromatic nitrogens is 1. The minimum atomic E-state index is -0.818. The van der Waals surface area contributed by atoms with Crippen LogP contribution in [0.3, 0.4) is 0 Å². The number of carboxylic acids is 1. The predicted molar refractivity (Wildman–Crippen MR) is 69.3 cm³/mol. The third-order valence-corrected chi connectivity index (χ3v) is 2.64. The summed E-state index contributed by atoms with van der Waals surface area (Å²) >= 11 is 0. The molecule has 5 nitrogen and oxygen atoms in total. The molecule has 0 atom stereocenters. The molecule has 98 valence electrons. The van der Waals surface area contributed by atoms with Gasteiger partial charge in [-0.05, 0) is 25.3 Å². The number of aromatic hydroxyl groups is 1. The van der Waals surface area contributed by atoms with E-state index in [0.717, 1.165) is 12.0 Å². The molecule has 0 unspecified atom stereocenters. The fourth-order valence-electron chi connectivity index (χ4n) is 1.56. The number of pyridine rings is 1. The van der Waals surface area contributed by atoms with Gasteiger partial charge in [0, 0.05) is 30.9 Å². The van der Waals surface area contributed by atoms with Crippen LogP contribution in [-0.2, 0) is 11.2 Å². The fraction of sp³-hybridized carbons (Fsp3) is 0.462. The molecule has 1 aromatic heterocycles. The zero-order valence-electron chi connectivity index (χ0n) is 10.7. The summed E-state index contributed by atoms with van der Waals surface area (Å²) in [4.78, 5) is 18.6. The van der Waals surface area contributed by atoms with Crippen molar-refractivity contribution in [1.29, 1.82) is 0 Å². The van der Waals surface area contributed by atoms with Crippen LogP contribution in [0.5, 0.6) is 5.75 Å². The van der Waals surface area contributed by atoms with E-state index in [9.17, 15) is 9.90 Å². The molecule has 0 aliphatic carbocycles. The van der Waals surface area contributed by atoms with Crippen LogP contribution in [0.2, 0.25) is 0 Å². The van der Waals surface area contributed by atoms with Crippen LogP contribution in [0.1, 0.15) is 36.6 Å². The van der Waals surface area contributed by atoms with Gasteiger partial charge in [0.15, 0.2) is 0 Å². The second-order valence-electron chi connectivity index (χ2n) is 4.02. The van der Waals surface area contributed by atoms with Crippen LogP contribution in [0.25, 0.3) is 0 Å². The summed E-state index contributed by atoms with van der Waals surface area (Å²) in [6.45, 7) is 4.15. The van der Waals surface area contributed by atoms with E-state index >= 15 is 0 Å². The Morgan fingerprint density at radius 3 is 2.89 bits per heavy atom. The lowest BCUT2D eigenvalue weighted by Crippen LogP contribution is -1.98. The second kappa shape index (κ2) is 6.74. The van der Waals surface area contributed by atoms with Crippen molar-refractivity contribution in [3.8, 4) is 5.75 Å². The van der Waals surface area contributed by atoms with Gasteiger partial charge in [-0.1, -0.05) is 6.92 Å². The van der Waals surface area contributed by atoms with Gasteiger partial charge in [0.1, 0.15) is 5.75 Å². The van der Waals surface area contributed by atoms with Crippen molar-refractivity contribution in [2.24, 2.45) is 4.99 Å². The summed E-state index contributed by atoms with van der Waals surface area (Å²) in [5.41, 5.74) is 2.18. The number of aliphatic carboxylic acids is 1. The van der Waals surface area contributed by atoms with E-state index in [1.165, 1.54) is 0 Å². The number of rotatable bonds is 6. The fourth-order valence-corrected chi connectivity index (χ4v) is 1.56. The molecule has 0 amide bonds. The first-order chi connectivity index (χ1) is 8.56. The van der Waals surface area contributed by atoms with Gasteiger partial charge < -0.3 is 10.2 Å². The smallest absolute Gasteiger partial charge is 0.303 e. The first kappa shape index (κ1) is 14.2. The zero-order valence-corrected chi connectivity index (χ0v) is 10.7. The van der Waals surface area contributed by atoms with Crippen molar-refractivity contribution in [1.82, 2.24) is 4.98 Å². The monoisotopic (exact) mass is 250 g/mol. The Balaban J connectivity index is 2.73. The maximum Gasteiger partial charge on any atom is 0.303 e. The Morgan fingerprint density at radius 1 is 1.56 bits per heavy atom. The molecule has 2 N–H and O–H groups in total. The molecular weight excluding hydrogens is 232 g/mol. The number of aliphatic imine (C=N–C) groups is 1. The predicted octanol–water partition coefficient (Wildman–Crippen LogP) is 1.94. The van der Waals surface area contributed by atoms with Crippen LogP contribution in [-0.4, -0.2) is 33.9 Å². The summed E-state index contributed by atoms with van der Waals surface area (Å²) in [6.07, 6.45) is 4.70. The molecule has 0 spiro atoms. The lowest BCUT2D eigenvalue weighted by atomic mass is 10.1. The average molecular weight is 250 g/mol. The number of hydrogen-bond donors (Lipinski definition) is 2. The average Bonchev–Trinajstić information content (AvgIpc) is 2.33. The normalized spacial score (nSPS) is 11.0. The van der Waals surface area contributed by atoms with E-state index in [4.69, 9.17) is 5.11 Å². The van der Waals surface area contributed by atoms with Gasteiger partial charge in [0.05, 0.1) is 5.69 Å². The van der Waals surface area contributed by atoms with Crippen LogP contribution < -0.4 is 0 Å². The summed E-state index contributed by atoms with van der Waals surface area (Å²) in [7, 11) is 0. The molecule has 1 rings (SSSR count). The summed E-state index contributed by atoms with van der Waals surface area (Å²) in [6, 6.07) is 0. The lowest BCUT2D eigenvalue weighted by molar-refractivity contribution is -0.137. The van der Waals surface area contributed by atoms with Crippen LogP contribution in [0, 0.1) is 6.92 Å². The quantitative estimate of drug-likeness (QED) is 0.597. The number of nitrogens with zero attached hydrogens (tertiary/aromatic N) is 2. The highest BCUT2D eigenvalue weighted by atomic mass is 16.4. The Bertz CT molecular complexity index is 456. The Morgan fingerprint density at radius 2 is 2.28 bits per heavy atom. The highest BCUT2D eigenvalue weighted by Gasteiger charge is 2.08. The molecule has 0 fully saturated rings. The number of carbonyl (C=O) groups is 1. The van der Waals surface area contributed by atoms with Crippen molar-refractivity contribution in [2.45, 2.75) is 33.1 Å². The van der Waals surface area contributed by atoms with Crippen LogP contribution in [0.15, 0.2) is 11.2 Å². The second-order valence-corrected chi connectivity index (χ2v) is 4.02. The molecule has 0 aliphatic heterocycles. The summed E-state index contributed by atoms with van der Waals surface area (Å²) in [5, 5.41) is 18.4. The van der Waals surface area contributed by atoms with Gasteiger partial charge in [-0.2, -0.15) is 0 Å². The Kier molecular flexibility index (Phi) is 5.30. The van der Waals surface area contributed by atoms with Crippen LogP contribution in [0.4, 0.5) is 0 Å². The maximum absolute atomic E-state index is 10.3. The van der Waals surface area contributed by atoms with Gasteiger partial charge in [0.2, 0.25) is 0 Å². The van der Waals surface area contributed by atoms with Gasteiger partial charge in [0.25, 0.3) is 0 Å². The van der Waals surface area contributed by atoms with Crippen molar-refractivity contribution in [2.75, 3.05) is 6.54 Å². The zero-order chi connectivity index (χ0) is 13.5. The SMILES string of the molecule is CCc1cnc(C)c(O)c1C=NCCCC(=O)O. The lowest BCUT2D eigenvalue weighted by Gasteiger charge is -2.07. The summed E-state index contributed by atoms with van der Waals surface area (Å²) in [5.74, 6) is -0.668. The third kappa shape index (κ3) is 3.84. The standard InChI is InChI=1S/C13H18N2O3/c1-3-10-7-15-9(2)13(18)11(10)8-14-6-4-5-12(16)17/h7-8,18H,3-6H2,1-2H3,(H,16,17). The van der Waals surface area contributed by atoms with Crippen molar-refractivity contribution >= 4 is 12.2 Å². The Labute approximate surface area is 106 Å². The molecule has 5 heteroatoms. The molecule has 0 saturated carbocycles. The molecule has 0 aromatic carbocycles. The minimum absolute atomic E-state index is 0.110. The highest BCUT2D eigenvalue weighted by molar-refractivity contribution is 5.85. The minimum Gasteiger partial charge on any atom is -0.505 e. The van der Waals surface area contributed by atoms with Gasteiger partial charge in [-0.3, -0.25) is 14.8 Å². The van der Waals surface area contributed by atoms with E-state index in [1.807, 2.05) is 6.92 Å². The number of aryl methyl sites for hydroxylation is 2. The van der Waals surface area contributed by atoms with Crippen molar-refractivity contribution in [3.05, 3.63) is 23.0 Å². The topological polar surface area (TPSA) is 82.8 Å². The van der Waals surface area contributed by atoms with Crippen LogP contribution >= 0.6 is 0 Å². The summed E-state index contributed by atoms with van der Waals surface area (Å²) < 4.78 is 0. The van der Waals surface area contributed by atoms with Crippen molar-refractivity contribution < 1.29 is 15.0 Å². The Hall–Kier alpha value is -1.91. The molecule has 1 aromatic rings. The molecule has 0 radical (unpaired) electrons. The number of carboxylic acid groups (broad SMARTS) is 1. The van der Waals surface area contributed by atoms with E-state index < -0.39 is 5.97 Å². The van der Waals surface area contributed by atoms with Gasteiger partial charge >= 0.3 is 5.97 Å². The molecule has 1 heterocycles. The van der Waals surface area contributed by atoms with E-state index in [2.05, 4.69) is 9.98 Å². The van der Waals surface area contributed by atoms with E-state index in [1.54, 1.807) is 19.3 Å². The highest BCUT2D eigenvalue weighted by Crippen LogP contribution is 2.22. The molecule has 0 bridgehead atoms. The van der Waals surface area contributed by atoms with Gasteiger partial charge in [-0.25, -0.2) is 0 Å². The molecule has 0 saturated heterocycles. The van der Waals surface area contributed by atoms with Gasteiger partial charge in [-0.15, -0.1) is 0 Å². The number of hydrogen-bond acceptors (Lipinski definition) is 4. The van der Waals surface area contributed by atoms with Crippen molar-refractivity contribution in [3.63, 3.8) is 0 Å². The molecule has 18 heavy (non-hydrogen) atoms. The molecular formula is C13H18N2O3. The third-order valence-electron chi connectivity index (χ3n) is 2.64. The largest absolute Gasteiger partial charge is 0.505 e. The first-order valence-corrected chi connectivity index (χ1v) is 5.95. The first-order valence-electron chi connectivity index (χ1n) is 5.95. The van der Waals surface area contributed by atoms with E-state index in [-0.39, 0.29) is 12.2 Å². The maximum atomic E-state index is 10.3.